The third-order valence-corrected chi connectivity index (χ3v) is 4.93. The second-order valence-electron chi connectivity index (χ2n) is 6.45. The summed E-state index contributed by atoms with van der Waals surface area (Å²) in [6.07, 6.45) is 1.51. The van der Waals surface area contributed by atoms with E-state index in [1.165, 1.54) is 19.4 Å². The molecule has 0 amide bonds. The first-order valence-electron chi connectivity index (χ1n) is 8.43. The molecule has 0 spiro atoms. The zero-order chi connectivity index (χ0) is 18.4. The van der Waals surface area contributed by atoms with Gasteiger partial charge in [-0.1, -0.05) is 0 Å². The largest absolute Gasteiger partial charge is 0.354 e. The zero-order valence-corrected chi connectivity index (χ0v) is 14.9. The molecule has 1 N–H and O–H groups in total. The number of nitrogens with one attached hydrogen (secondary N) is 1. The fourth-order valence-corrected chi connectivity index (χ4v) is 3.26. The highest BCUT2D eigenvalue weighted by atomic mass is 16.2. The molecule has 0 atom stereocenters. The third kappa shape index (κ3) is 2.54. The van der Waals surface area contributed by atoms with Crippen molar-refractivity contribution in [3.63, 3.8) is 0 Å². The molecule has 10 heteroatoms. The van der Waals surface area contributed by atoms with Crippen LogP contribution in [0.3, 0.4) is 0 Å². The summed E-state index contributed by atoms with van der Waals surface area (Å²) in [5, 5.41) is 4.30. The Morgan fingerprint density at radius 3 is 2.46 bits per heavy atom. The average Bonchev–Trinajstić information content (AvgIpc) is 3.08. The van der Waals surface area contributed by atoms with E-state index in [0.29, 0.717) is 24.7 Å². The average molecular weight is 356 g/mol. The van der Waals surface area contributed by atoms with Gasteiger partial charge in [-0.25, -0.2) is 9.78 Å². The summed E-state index contributed by atoms with van der Waals surface area (Å²) in [7, 11) is 1.46. The Labute approximate surface area is 148 Å². The molecule has 0 saturated carbocycles. The quantitative estimate of drug-likeness (QED) is 0.657. The number of piperazine rings is 1. The van der Waals surface area contributed by atoms with Crippen LogP contribution in [-0.4, -0.2) is 55.3 Å². The number of nitrogens with zero attached hydrogens (tertiary/aromatic N) is 7. The molecule has 1 aliphatic rings. The van der Waals surface area contributed by atoms with Gasteiger partial charge in [-0.05, 0) is 13.8 Å². The molecule has 1 aliphatic heterocycles. The van der Waals surface area contributed by atoms with Crippen molar-refractivity contribution in [2.24, 2.45) is 7.05 Å². The van der Waals surface area contributed by atoms with Crippen molar-refractivity contribution in [2.45, 2.75) is 13.8 Å². The summed E-state index contributed by atoms with van der Waals surface area (Å²) in [5.41, 5.74) is 1.29. The Hall–Kier alpha value is -3.17. The second-order valence-corrected chi connectivity index (χ2v) is 6.45. The standard InChI is InChI=1S/C16H20N8O2/c1-10-11(2)19-15-17-9-18-24(15)14(10)23-6-4-22(5-7-23)12-8-13(25)21(3)16(26)20-12/h8-9H,4-7H2,1-3H3,(H,20,26). The van der Waals surface area contributed by atoms with Gasteiger partial charge < -0.3 is 9.80 Å². The van der Waals surface area contributed by atoms with Gasteiger partial charge in [-0.3, -0.25) is 14.3 Å². The van der Waals surface area contributed by atoms with Crippen LogP contribution in [0.2, 0.25) is 0 Å². The summed E-state index contributed by atoms with van der Waals surface area (Å²) in [4.78, 5) is 39.4. The Kier molecular flexibility index (Phi) is 3.74. The van der Waals surface area contributed by atoms with E-state index in [1.807, 2.05) is 18.7 Å². The molecule has 0 aromatic carbocycles. The van der Waals surface area contributed by atoms with Gasteiger partial charge in [0.1, 0.15) is 18.0 Å². The van der Waals surface area contributed by atoms with E-state index in [4.69, 9.17) is 0 Å². The van der Waals surface area contributed by atoms with Crippen molar-refractivity contribution in [3.05, 3.63) is 44.5 Å². The summed E-state index contributed by atoms with van der Waals surface area (Å²) >= 11 is 0. The Bertz CT molecular complexity index is 1060. The number of H-pyrrole nitrogens is 1. The first kappa shape index (κ1) is 16.3. The number of hydrogen-bond acceptors (Lipinski definition) is 7. The molecule has 1 fully saturated rings. The van der Waals surface area contributed by atoms with E-state index in [0.717, 1.165) is 34.7 Å². The number of aryl methyl sites for hydroxylation is 1. The third-order valence-electron chi connectivity index (χ3n) is 4.93. The zero-order valence-electron chi connectivity index (χ0n) is 14.9. The van der Waals surface area contributed by atoms with Gasteiger partial charge in [-0.15, -0.1) is 0 Å². The van der Waals surface area contributed by atoms with Gasteiger partial charge >= 0.3 is 5.69 Å². The molecule has 26 heavy (non-hydrogen) atoms. The van der Waals surface area contributed by atoms with E-state index in [1.54, 1.807) is 4.52 Å². The van der Waals surface area contributed by atoms with Gasteiger partial charge in [-0.2, -0.15) is 14.6 Å². The molecule has 4 heterocycles. The number of aromatic amines is 1. The van der Waals surface area contributed by atoms with Crippen molar-refractivity contribution >= 4 is 17.4 Å². The lowest BCUT2D eigenvalue weighted by Gasteiger charge is -2.37. The highest BCUT2D eigenvalue weighted by Gasteiger charge is 2.23. The first-order chi connectivity index (χ1) is 12.5. The van der Waals surface area contributed by atoms with Crippen molar-refractivity contribution in [2.75, 3.05) is 36.0 Å². The van der Waals surface area contributed by atoms with Gasteiger partial charge in [0, 0.05) is 50.6 Å². The smallest absolute Gasteiger partial charge is 0.329 e. The number of fused-ring (bicyclic) bond motifs is 1. The van der Waals surface area contributed by atoms with E-state index in [9.17, 15) is 9.59 Å². The van der Waals surface area contributed by atoms with Crippen LogP contribution in [-0.2, 0) is 7.05 Å². The molecular formula is C16H20N8O2. The van der Waals surface area contributed by atoms with Crippen LogP contribution < -0.4 is 21.0 Å². The minimum absolute atomic E-state index is 0.309. The van der Waals surface area contributed by atoms with Gasteiger partial charge in [0.2, 0.25) is 0 Å². The molecule has 0 radical (unpaired) electrons. The summed E-state index contributed by atoms with van der Waals surface area (Å²) in [6, 6.07) is 1.47. The van der Waals surface area contributed by atoms with Crippen LogP contribution in [0.4, 0.5) is 11.6 Å². The monoisotopic (exact) mass is 356 g/mol. The molecule has 0 unspecified atom stereocenters. The molecule has 136 valence electrons. The number of anilines is 2. The molecule has 0 aliphatic carbocycles. The maximum absolute atomic E-state index is 11.9. The van der Waals surface area contributed by atoms with Crippen molar-refractivity contribution < 1.29 is 0 Å². The van der Waals surface area contributed by atoms with Gasteiger partial charge in [0.05, 0.1) is 0 Å². The van der Waals surface area contributed by atoms with Gasteiger partial charge in [0.25, 0.3) is 11.3 Å². The number of hydrogen-bond donors (Lipinski definition) is 1. The number of aromatic nitrogens is 6. The minimum Gasteiger partial charge on any atom is -0.354 e. The van der Waals surface area contributed by atoms with Crippen LogP contribution in [0.5, 0.6) is 0 Å². The topological polar surface area (TPSA) is 104 Å². The van der Waals surface area contributed by atoms with E-state index < -0.39 is 5.69 Å². The lowest BCUT2D eigenvalue weighted by Crippen LogP contribution is -2.49. The fourth-order valence-electron chi connectivity index (χ4n) is 3.26. The Balaban J connectivity index is 1.62. The summed E-state index contributed by atoms with van der Waals surface area (Å²) in [5.74, 6) is 2.13. The molecular weight excluding hydrogens is 336 g/mol. The first-order valence-corrected chi connectivity index (χ1v) is 8.43. The second kappa shape index (κ2) is 5.97. The van der Waals surface area contributed by atoms with E-state index in [-0.39, 0.29) is 5.56 Å². The summed E-state index contributed by atoms with van der Waals surface area (Å²) in [6.45, 7) is 6.82. The Morgan fingerprint density at radius 2 is 1.77 bits per heavy atom. The van der Waals surface area contributed by atoms with Crippen LogP contribution in [0.1, 0.15) is 11.3 Å². The molecule has 1 saturated heterocycles. The van der Waals surface area contributed by atoms with Crippen LogP contribution in [0, 0.1) is 13.8 Å². The maximum atomic E-state index is 11.9. The normalized spacial score (nSPS) is 15.0. The van der Waals surface area contributed by atoms with E-state index in [2.05, 4.69) is 25.0 Å². The lowest BCUT2D eigenvalue weighted by molar-refractivity contribution is 0.625. The van der Waals surface area contributed by atoms with E-state index >= 15 is 0 Å². The van der Waals surface area contributed by atoms with Gasteiger partial charge in [0.15, 0.2) is 0 Å². The van der Waals surface area contributed by atoms with Crippen LogP contribution in [0.15, 0.2) is 22.0 Å². The maximum Gasteiger partial charge on any atom is 0.329 e. The van der Waals surface area contributed by atoms with Crippen LogP contribution in [0.25, 0.3) is 5.78 Å². The molecule has 10 nitrogen and oxygen atoms in total. The molecule has 4 rings (SSSR count). The number of rotatable bonds is 2. The van der Waals surface area contributed by atoms with Crippen molar-refractivity contribution in [1.82, 2.24) is 29.1 Å². The molecule has 3 aromatic rings. The highest BCUT2D eigenvalue weighted by Crippen LogP contribution is 2.24. The predicted molar refractivity (Wildman–Crippen MR) is 97.0 cm³/mol. The Morgan fingerprint density at radius 1 is 1.08 bits per heavy atom. The van der Waals surface area contributed by atoms with Crippen LogP contribution >= 0.6 is 0 Å². The predicted octanol–water partition coefficient (Wildman–Crippen LogP) is -0.545. The SMILES string of the molecule is Cc1nc2ncnn2c(N2CCN(c3cc(=O)n(C)c(=O)[nH]3)CC2)c1C. The van der Waals surface area contributed by atoms with Crippen molar-refractivity contribution in [1.29, 1.82) is 0 Å². The molecule has 0 bridgehead atoms. The van der Waals surface area contributed by atoms with Crippen molar-refractivity contribution in [3.8, 4) is 0 Å². The minimum atomic E-state index is -0.403. The summed E-state index contributed by atoms with van der Waals surface area (Å²) < 4.78 is 2.82. The lowest BCUT2D eigenvalue weighted by atomic mass is 10.2. The fraction of sp³-hybridized carbons (Fsp3) is 0.438. The molecule has 3 aromatic heterocycles. The highest BCUT2D eigenvalue weighted by molar-refractivity contribution is 5.55.